The molecule has 4 heteroatoms. The van der Waals surface area contributed by atoms with Gasteiger partial charge in [-0.3, -0.25) is 4.79 Å². The maximum Gasteiger partial charge on any atom is 0.306 e. The molecule has 1 atom stereocenters. The molecule has 0 spiro atoms. The molecule has 0 fully saturated rings. The third-order valence-corrected chi connectivity index (χ3v) is 1.43. The van der Waals surface area contributed by atoms with E-state index in [2.05, 4.69) is 15.9 Å². The van der Waals surface area contributed by atoms with Crippen molar-refractivity contribution in [1.29, 1.82) is 0 Å². The predicted molar refractivity (Wildman–Crippen MR) is 41.2 cm³/mol. The highest BCUT2D eigenvalue weighted by molar-refractivity contribution is 9.09. The molecule has 0 amide bonds. The van der Waals surface area contributed by atoms with E-state index in [1.54, 1.807) is 0 Å². The first-order valence-corrected chi connectivity index (χ1v) is 4.05. The van der Waals surface area contributed by atoms with Gasteiger partial charge in [-0.25, -0.2) is 0 Å². The molecule has 0 radical (unpaired) electrons. The summed E-state index contributed by atoms with van der Waals surface area (Å²) in [6, 6.07) is 0. The lowest BCUT2D eigenvalue weighted by molar-refractivity contribution is -0.138. The van der Waals surface area contributed by atoms with Crippen LogP contribution in [0.4, 0.5) is 0 Å². The van der Waals surface area contributed by atoms with E-state index in [0.717, 1.165) is 6.42 Å². The SMILES string of the molecule is CCCOC(Br)CC(=O)O. The topological polar surface area (TPSA) is 46.5 Å². The first-order valence-electron chi connectivity index (χ1n) is 3.14. The lowest BCUT2D eigenvalue weighted by Crippen LogP contribution is -2.10. The second kappa shape index (κ2) is 5.68. The molecule has 0 rings (SSSR count). The van der Waals surface area contributed by atoms with E-state index in [-0.39, 0.29) is 11.4 Å². The first kappa shape index (κ1) is 9.91. The average molecular weight is 211 g/mol. The van der Waals surface area contributed by atoms with Crippen LogP contribution in [0.2, 0.25) is 0 Å². The number of ether oxygens (including phenoxy) is 1. The number of carboxylic acid groups (broad SMARTS) is 1. The summed E-state index contributed by atoms with van der Waals surface area (Å²) in [5, 5.41) is 7.93. The number of alkyl halides is 1. The molecule has 60 valence electrons. The van der Waals surface area contributed by atoms with Crippen molar-refractivity contribution in [2.45, 2.75) is 24.8 Å². The lowest BCUT2D eigenvalue weighted by Gasteiger charge is -2.06. The first-order chi connectivity index (χ1) is 4.66. The zero-order chi connectivity index (χ0) is 7.98. The second-order valence-corrected chi connectivity index (χ2v) is 2.90. The molecule has 0 aromatic heterocycles. The number of rotatable bonds is 5. The average Bonchev–Trinajstić information content (AvgIpc) is 1.82. The number of carbonyl (C=O) groups is 1. The van der Waals surface area contributed by atoms with Crippen LogP contribution in [-0.4, -0.2) is 22.7 Å². The molecule has 0 heterocycles. The Hall–Kier alpha value is -0.0900. The van der Waals surface area contributed by atoms with Gasteiger partial charge in [-0.05, 0) is 6.42 Å². The van der Waals surface area contributed by atoms with Crippen molar-refractivity contribution < 1.29 is 14.6 Å². The molecule has 3 nitrogen and oxygen atoms in total. The summed E-state index contributed by atoms with van der Waals surface area (Å²) in [7, 11) is 0. The van der Waals surface area contributed by atoms with Crippen LogP contribution in [0.1, 0.15) is 19.8 Å². The zero-order valence-corrected chi connectivity index (χ0v) is 7.43. The van der Waals surface area contributed by atoms with E-state index in [0.29, 0.717) is 6.61 Å². The molecular weight excluding hydrogens is 200 g/mol. The Morgan fingerprint density at radius 1 is 1.80 bits per heavy atom. The minimum Gasteiger partial charge on any atom is -0.481 e. The van der Waals surface area contributed by atoms with E-state index < -0.39 is 5.97 Å². The van der Waals surface area contributed by atoms with E-state index >= 15 is 0 Å². The molecule has 1 N–H and O–H groups in total. The van der Waals surface area contributed by atoms with Crippen molar-refractivity contribution in [3.8, 4) is 0 Å². The maximum atomic E-state index is 10.1. The Morgan fingerprint density at radius 3 is 2.80 bits per heavy atom. The third kappa shape index (κ3) is 6.04. The van der Waals surface area contributed by atoms with Gasteiger partial charge >= 0.3 is 5.97 Å². The largest absolute Gasteiger partial charge is 0.481 e. The normalized spacial score (nSPS) is 13.0. The van der Waals surface area contributed by atoms with Crippen LogP contribution in [-0.2, 0) is 9.53 Å². The maximum absolute atomic E-state index is 10.1. The highest BCUT2D eigenvalue weighted by Gasteiger charge is 2.07. The molecule has 10 heavy (non-hydrogen) atoms. The quantitative estimate of drug-likeness (QED) is 0.702. The van der Waals surface area contributed by atoms with E-state index in [9.17, 15) is 4.79 Å². The molecule has 0 aliphatic carbocycles. The molecule has 0 saturated heterocycles. The summed E-state index contributed by atoms with van der Waals surface area (Å²) >= 11 is 3.08. The van der Waals surface area contributed by atoms with Gasteiger partial charge < -0.3 is 9.84 Å². The summed E-state index contributed by atoms with van der Waals surface area (Å²) in [5.41, 5.74) is 0. The summed E-state index contributed by atoms with van der Waals surface area (Å²) in [4.78, 5) is 10.1. The second-order valence-electron chi connectivity index (χ2n) is 1.88. The van der Waals surface area contributed by atoms with Crippen LogP contribution >= 0.6 is 15.9 Å². The Bertz CT molecular complexity index is 105. The van der Waals surface area contributed by atoms with Gasteiger partial charge in [0.05, 0.1) is 6.42 Å². The fourth-order valence-corrected chi connectivity index (χ4v) is 0.906. The Labute approximate surface area is 68.5 Å². The van der Waals surface area contributed by atoms with Gasteiger partial charge in [-0.1, -0.05) is 22.9 Å². The molecule has 0 saturated carbocycles. The van der Waals surface area contributed by atoms with E-state index in [1.165, 1.54) is 0 Å². The molecule has 0 bridgehead atoms. The predicted octanol–water partition coefficient (Wildman–Crippen LogP) is 1.61. The number of hydrogen-bond donors (Lipinski definition) is 1. The number of halogens is 1. The van der Waals surface area contributed by atoms with Crippen LogP contribution in [0, 0.1) is 0 Å². The molecule has 0 aliphatic rings. The van der Waals surface area contributed by atoms with Crippen LogP contribution in [0.25, 0.3) is 0 Å². The summed E-state index contributed by atoms with van der Waals surface area (Å²) in [6.07, 6.45) is 0.918. The monoisotopic (exact) mass is 210 g/mol. The Balaban J connectivity index is 3.25. The van der Waals surface area contributed by atoms with Crippen LogP contribution in [0.15, 0.2) is 0 Å². The standard InChI is InChI=1S/C6H11BrO3/c1-2-3-10-5(7)4-6(8)9/h5H,2-4H2,1H3,(H,8,9). The smallest absolute Gasteiger partial charge is 0.306 e. The fourth-order valence-electron chi connectivity index (χ4n) is 0.442. The summed E-state index contributed by atoms with van der Waals surface area (Å²) in [6.45, 7) is 2.57. The number of aliphatic carboxylic acids is 1. The molecule has 0 aromatic rings. The zero-order valence-electron chi connectivity index (χ0n) is 5.84. The number of carboxylic acids is 1. The minimum absolute atomic E-state index is 0.0139. The lowest BCUT2D eigenvalue weighted by atomic mass is 10.4. The minimum atomic E-state index is -0.849. The van der Waals surface area contributed by atoms with Gasteiger partial charge in [0.2, 0.25) is 0 Å². The number of hydrogen-bond acceptors (Lipinski definition) is 2. The highest BCUT2D eigenvalue weighted by atomic mass is 79.9. The molecular formula is C6H11BrO3. The van der Waals surface area contributed by atoms with Crippen molar-refractivity contribution in [2.75, 3.05) is 6.61 Å². The van der Waals surface area contributed by atoms with Gasteiger partial charge in [0.15, 0.2) is 0 Å². The summed E-state index contributed by atoms with van der Waals surface area (Å²) in [5.74, 6) is -0.849. The van der Waals surface area contributed by atoms with Crippen molar-refractivity contribution in [3.63, 3.8) is 0 Å². The van der Waals surface area contributed by atoms with Crippen molar-refractivity contribution in [1.82, 2.24) is 0 Å². The van der Waals surface area contributed by atoms with Gasteiger partial charge in [0, 0.05) is 6.61 Å². The molecule has 1 unspecified atom stereocenters. The summed E-state index contributed by atoms with van der Waals surface area (Å²) < 4.78 is 5.04. The highest BCUT2D eigenvalue weighted by Crippen LogP contribution is 2.06. The van der Waals surface area contributed by atoms with Crippen molar-refractivity contribution in [3.05, 3.63) is 0 Å². The van der Waals surface area contributed by atoms with Crippen LogP contribution < -0.4 is 0 Å². The van der Waals surface area contributed by atoms with Gasteiger partial charge in [0.1, 0.15) is 5.01 Å². The molecule has 0 aromatic carbocycles. The van der Waals surface area contributed by atoms with E-state index in [4.69, 9.17) is 9.84 Å². The van der Waals surface area contributed by atoms with Crippen LogP contribution in [0.5, 0.6) is 0 Å². The van der Waals surface area contributed by atoms with Crippen molar-refractivity contribution in [2.24, 2.45) is 0 Å². The molecule has 0 aliphatic heterocycles. The van der Waals surface area contributed by atoms with Crippen LogP contribution in [0.3, 0.4) is 0 Å². The third-order valence-electron chi connectivity index (χ3n) is 0.838. The van der Waals surface area contributed by atoms with Gasteiger partial charge in [-0.15, -0.1) is 0 Å². The Kier molecular flexibility index (Phi) is 5.63. The van der Waals surface area contributed by atoms with Crippen molar-refractivity contribution >= 4 is 21.9 Å². The fraction of sp³-hybridized carbons (Fsp3) is 0.833. The van der Waals surface area contributed by atoms with E-state index in [1.807, 2.05) is 6.92 Å². The van der Waals surface area contributed by atoms with Gasteiger partial charge in [-0.2, -0.15) is 0 Å². The Morgan fingerprint density at radius 2 is 2.40 bits per heavy atom. The van der Waals surface area contributed by atoms with Gasteiger partial charge in [0.25, 0.3) is 0 Å².